The molecule has 9 heteroatoms. The third kappa shape index (κ3) is 4.24. The van der Waals surface area contributed by atoms with E-state index in [1.54, 1.807) is 35.2 Å². The number of rotatable bonds is 5. The number of benzene rings is 2. The Morgan fingerprint density at radius 2 is 1.46 bits per heavy atom. The van der Waals surface area contributed by atoms with Crippen molar-refractivity contribution < 1.29 is 22.7 Å². The fraction of sp³-hybridized carbons (Fsp3) is 0.316. The zero-order chi connectivity index (χ0) is 20.3. The highest BCUT2D eigenvalue weighted by molar-refractivity contribution is 7.89. The van der Waals surface area contributed by atoms with E-state index in [1.807, 2.05) is 0 Å². The maximum Gasteiger partial charge on any atom is 0.254 e. The van der Waals surface area contributed by atoms with Gasteiger partial charge in [0.25, 0.3) is 5.91 Å². The Balaban J connectivity index is 1.71. The van der Waals surface area contributed by atoms with Crippen LogP contribution in [0.4, 0.5) is 0 Å². The van der Waals surface area contributed by atoms with Crippen LogP contribution >= 0.6 is 11.6 Å². The molecule has 0 bridgehead atoms. The van der Waals surface area contributed by atoms with Gasteiger partial charge in [-0.3, -0.25) is 4.79 Å². The van der Waals surface area contributed by atoms with Gasteiger partial charge in [0.1, 0.15) is 11.5 Å². The minimum Gasteiger partial charge on any atom is -0.497 e. The maximum atomic E-state index is 12.8. The minimum absolute atomic E-state index is 0.189. The van der Waals surface area contributed by atoms with E-state index in [1.165, 1.54) is 30.7 Å². The summed E-state index contributed by atoms with van der Waals surface area (Å²) in [7, 11) is -0.583. The number of carbonyl (C=O) groups excluding carboxylic acids is 1. The third-order valence-corrected chi connectivity index (χ3v) is 6.74. The van der Waals surface area contributed by atoms with Gasteiger partial charge in [0.15, 0.2) is 0 Å². The van der Waals surface area contributed by atoms with Gasteiger partial charge in [0.05, 0.1) is 19.1 Å². The van der Waals surface area contributed by atoms with E-state index in [-0.39, 0.29) is 23.9 Å². The lowest BCUT2D eigenvalue weighted by atomic mass is 10.1. The molecule has 1 fully saturated rings. The molecule has 0 unspecified atom stereocenters. The van der Waals surface area contributed by atoms with Crippen molar-refractivity contribution in [1.82, 2.24) is 9.21 Å². The van der Waals surface area contributed by atoms with Crippen molar-refractivity contribution in [3.8, 4) is 11.5 Å². The van der Waals surface area contributed by atoms with E-state index in [4.69, 9.17) is 21.1 Å². The molecule has 3 rings (SSSR count). The number of methoxy groups -OCH3 is 2. The molecule has 2 aromatic carbocycles. The van der Waals surface area contributed by atoms with E-state index < -0.39 is 10.0 Å². The number of ether oxygens (including phenoxy) is 2. The number of nitrogens with zero attached hydrogens (tertiary/aromatic N) is 2. The van der Waals surface area contributed by atoms with Gasteiger partial charge in [-0.2, -0.15) is 4.31 Å². The van der Waals surface area contributed by atoms with Gasteiger partial charge in [-0.15, -0.1) is 0 Å². The van der Waals surface area contributed by atoms with Crippen LogP contribution in [0.25, 0.3) is 0 Å². The summed E-state index contributed by atoms with van der Waals surface area (Å²) in [5.74, 6) is 0.846. The number of carbonyl (C=O) groups is 1. The van der Waals surface area contributed by atoms with E-state index in [0.717, 1.165) is 0 Å². The summed E-state index contributed by atoms with van der Waals surface area (Å²) >= 11 is 5.83. The summed E-state index contributed by atoms with van der Waals surface area (Å²) in [5, 5.41) is 0.475. The van der Waals surface area contributed by atoms with E-state index in [9.17, 15) is 13.2 Å². The Bertz CT molecular complexity index is 933. The highest BCUT2D eigenvalue weighted by Crippen LogP contribution is 2.25. The molecule has 0 aliphatic carbocycles. The largest absolute Gasteiger partial charge is 0.497 e. The molecule has 1 heterocycles. The summed E-state index contributed by atoms with van der Waals surface area (Å²) in [6.45, 7) is 1.03. The van der Waals surface area contributed by atoms with Gasteiger partial charge in [-0.1, -0.05) is 11.6 Å². The second kappa shape index (κ2) is 8.38. The standard InChI is InChI=1S/C19H21ClN2O5S/c1-26-16-11-14(12-17(13-16)27-2)19(23)21-7-9-22(10-8-21)28(24,25)18-5-3-15(20)4-6-18/h3-6,11-13H,7-10H2,1-2H3. The van der Waals surface area contributed by atoms with Crippen molar-refractivity contribution in [3.05, 3.63) is 53.1 Å². The predicted octanol–water partition coefficient (Wildman–Crippen LogP) is 2.50. The molecule has 0 aromatic heterocycles. The van der Waals surface area contributed by atoms with Crippen molar-refractivity contribution in [2.24, 2.45) is 0 Å². The zero-order valence-corrected chi connectivity index (χ0v) is 17.2. The number of halogens is 1. The Morgan fingerprint density at radius 1 is 0.929 bits per heavy atom. The topological polar surface area (TPSA) is 76.2 Å². The first-order chi connectivity index (χ1) is 13.3. The molecule has 150 valence electrons. The molecule has 1 aliphatic rings. The highest BCUT2D eigenvalue weighted by atomic mass is 35.5. The van der Waals surface area contributed by atoms with Crippen molar-refractivity contribution in [2.75, 3.05) is 40.4 Å². The second-order valence-electron chi connectivity index (χ2n) is 6.25. The molecule has 7 nitrogen and oxygen atoms in total. The quantitative estimate of drug-likeness (QED) is 0.737. The predicted molar refractivity (Wildman–Crippen MR) is 106 cm³/mol. The molecule has 28 heavy (non-hydrogen) atoms. The van der Waals surface area contributed by atoms with Crippen molar-refractivity contribution in [1.29, 1.82) is 0 Å². The van der Waals surface area contributed by atoms with Crippen LogP contribution in [0.2, 0.25) is 5.02 Å². The lowest BCUT2D eigenvalue weighted by Gasteiger charge is -2.34. The molecular weight excluding hydrogens is 404 g/mol. The molecule has 2 aromatic rings. The Hall–Kier alpha value is -2.29. The Labute approximate surface area is 169 Å². The van der Waals surface area contributed by atoms with Crippen molar-refractivity contribution in [3.63, 3.8) is 0 Å². The van der Waals surface area contributed by atoms with Crippen molar-refractivity contribution >= 4 is 27.5 Å². The molecule has 1 amide bonds. The van der Waals surface area contributed by atoms with Crippen LogP contribution in [0.15, 0.2) is 47.4 Å². The summed E-state index contributed by atoms with van der Waals surface area (Å²) in [6, 6.07) is 11.0. The lowest BCUT2D eigenvalue weighted by Crippen LogP contribution is -2.50. The van der Waals surface area contributed by atoms with Gasteiger partial charge >= 0.3 is 0 Å². The fourth-order valence-electron chi connectivity index (χ4n) is 3.00. The SMILES string of the molecule is COc1cc(OC)cc(C(=O)N2CCN(S(=O)(=O)c3ccc(Cl)cc3)CC2)c1. The summed E-state index contributed by atoms with van der Waals surface area (Å²) in [4.78, 5) is 14.6. The van der Waals surface area contributed by atoms with Gasteiger partial charge in [-0.05, 0) is 36.4 Å². The van der Waals surface area contributed by atoms with Gasteiger partial charge in [0, 0.05) is 42.8 Å². The molecule has 0 N–H and O–H groups in total. The van der Waals surface area contributed by atoms with Crippen LogP contribution in [-0.4, -0.2) is 63.9 Å². The van der Waals surface area contributed by atoms with Crippen LogP contribution in [-0.2, 0) is 10.0 Å². The molecule has 1 aliphatic heterocycles. The third-order valence-electron chi connectivity index (χ3n) is 4.58. The van der Waals surface area contributed by atoms with Crippen molar-refractivity contribution in [2.45, 2.75) is 4.90 Å². The number of hydrogen-bond donors (Lipinski definition) is 0. The van der Waals surface area contributed by atoms with E-state index in [2.05, 4.69) is 0 Å². The van der Waals surface area contributed by atoms with Crippen LogP contribution in [0.3, 0.4) is 0 Å². The van der Waals surface area contributed by atoms with Gasteiger partial charge in [0.2, 0.25) is 10.0 Å². The highest BCUT2D eigenvalue weighted by Gasteiger charge is 2.30. The molecular formula is C19H21ClN2O5S. The Kier molecular flexibility index (Phi) is 6.12. The van der Waals surface area contributed by atoms with Crippen LogP contribution in [0, 0.1) is 0 Å². The number of hydrogen-bond acceptors (Lipinski definition) is 5. The number of sulfonamides is 1. The average Bonchev–Trinajstić information content (AvgIpc) is 2.73. The van der Waals surface area contributed by atoms with Crippen LogP contribution in [0.1, 0.15) is 10.4 Å². The first-order valence-electron chi connectivity index (χ1n) is 8.63. The average molecular weight is 425 g/mol. The summed E-state index contributed by atoms with van der Waals surface area (Å²) in [5.41, 5.74) is 0.435. The summed E-state index contributed by atoms with van der Waals surface area (Å²) < 4.78 is 37.3. The Morgan fingerprint density at radius 3 is 1.96 bits per heavy atom. The molecule has 1 saturated heterocycles. The second-order valence-corrected chi connectivity index (χ2v) is 8.63. The monoisotopic (exact) mass is 424 g/mol. The zero-order valence-electron chi connectivity index (χ0n) is 15.6. The van der Waals surface area contributed by atoms with Crippen LogP contribution < -0.4 is 9.47 Å². The van der Waals surface area contributed by atoms with Crippen LogP contribution in [0.5, 0.6) is 11.5 Å². The molecule has 0 spiro atoms. The number of amides is 1. The minimum atomic E-state index is -3.62. The summed E-state index contributed by atoms with van der Waals surface area (Å²) in [6.07, 6.45) is 0. The van der Waals surface area contributed by atoms with Gasteiger partial charge in [-0.25, -0.2) is 8.42 Å². The van der Waals surface area contributed by atoms with Gasteiger partial charge < -0.3 is 14.4 Å². The number of piperazine rings is 1. The van der Waals surface area contributed by atoms with E-state index in [0.29, 0.717) is 35.2 Å². The normalized spacial score (nSPS) is 15.3. The van der Waals surface area contributed by atoms with E-state index >= 15 is 0 Å². The molecule has 0 atom stereocenters. The lowest BCUT2D eigenvalue weighted by molar-refractivity contribution is 0.0697. The molecule has 0 saturated carbocycles. The smallest absolute Gasteiger partial charge is 0.254 e. The first-order valence-corrected chi connectivity index (χ1v) is 10.4. The maximum absolute atomic E-state index is 12.8. The molecule has 0 radical (unpaired) electrons. The first kappa shape index (κ1) is 20.4. The fourth-order valence-corrected chi connectivity index (χ4v) is 4.55.